The van der Waals surface area contributed by atoms with Crippen LogP contribution in [-0.4, -0.2) is 41.0 Å². The largest absolute Gasteiger partial charge is 0.314 e. The van der Waals surface area contributed by atoms with Gasteiger partial charge in [0, 0.05) is 44.0 Å². The van der Waals surface area contributed by atoms with E-state index < -0.39 is 0 Å². The van der Waals surface area contributed by atoms with Gasteiger partial charge in [-0.15, -0.1) is 0 Å². The lowest BCUT2D eigenvalue weighted by atomic mass is 10.2. The molecule has 1 atom stereocenters. The van der Waals surface area contributed by atoms with Crippen LogP contribution in [0.25, 0.3) is 0 Å². The Morgan fingerprint density at radius 3 is 2.82 bits per heavy atom. The van der Waals surface area contributed by atoms with Gasteiger partial charge in [0.2, 0.25) is 0 Å². The molecule has 0 radical (unpaired) electrons. The smallest absolute Gasteiger partial charge is 0.145 e. The lowest BCUT2D eigenvalue weighted by Gasteiger charge is -2.31. The minimum Gasteiger partial charge on any atom is -0.314 e. The zero-order valence-electron chi connectivity index (χ0n) is 10.4. The fourth-order valence-electron chi connectivity index (χ4n) is 2.43. The van der Waals surface area contributed by atoms with Crippen LogP contribution in [-0.2, 0) is 0 Å². The van der Waals surface area contributed by atoms with E-state index in [0.29, 0.717) is 12.0 Å². The number of hydrogen-bond acceptors (Lipinski definition) is 4. The second-order valence-corrected chi connectivity index (χ2v) is 5.08. The van der Waals surface area contributed by atoms with Crippen LogP contribution >= 0.6 is 0 Å². The zero-order valence-corrected chi connectivity index (χ0v) is 10.4. The van der Waals surface area contributed by atoms with E-state index in [0.717, 1.165) is 32.0 Å². The van der Waals surface area contributed by atoms with Crippen LogP contribution < -0.4 is 5.32 Å². The zero-order chi connectivity index (χ0) is 11.7. The van der Waals surface area contributed by atoms with Crippen LogP contribution in [0.2, 0.25) is 0 Å². The Morgan fingerprint density at radius 1 is 1.35 bits per heavy atom. The molecule has 2 aliphatic rings. The predicted molar refractivity (Wildman–Crippen MR) is 66.9 cm³/mol. The molecule has 0 amide bonds. The number of aromatic nitrogens is 2. The molecule has 0 bridgehead atoms. The summed E-state index contributed by atoms with van der Waals surface area (Å²) >= 11 is 0. The van der Waals surface area contributed by atoms with Crippen molar-refractivity contribution in [2.24, 2.45) is 0 Å². The maximum Gasteiger partial charge on any atom is 0.145 e. The first kappa shape index (κ1) is 11.1. The Kier molecular flexibility index (Phi) is 3.07. The average molecular weight is 232 g/mol. The van der Waals surface area contributed by atoms with Crippen LogP contribution in [0, 0.1) is 0 Å². The summed E-state index contributed by atoms with van der Waals surface area (Å²) < 4.78 is 0. The van der Waals surface area contributed by atoms with Gasteiger partial charge in [-0.05, 0) is 25.8 Å². The van der Waals surface area contributed by atoms with Crippen molar-refractivity contribution < 1.29 is 0 Å². The highest BCUT2D eigenvalue weighted by molar-refractivity contribution is 5.15. The molecule has 1 saturated carbocycles. The fourth-order valence-corrected chi connectivity index (χ4v) is 2.43. The van der Waals surface area contributed by atoms with Gasteiger partial charge in [0.15, 0.2) is 0 Å². The molecule has 4 heteroatoms. The summed E-state index contributed by atoms with van der Waals surface area (Å²) in [6.45, 7) is 6.56. The van der Waals surface area contributed by atoms with E-state index in [1.807, 2.05) is 6.20 Å². The fraction of sp³-hybridized carbons (Fsp3) is 0.692. The summed E-state index contributed by atoms with van der Waals surface area (Å²) in [6.07, 6.45) is 4.53. The summed E-state index contributed by atoms with van der Waals surface area (Å²) in [7, 11) is 0. The first-order chi connectivity index (χ1) is 8.34. The first-order valence-corrected chi connectivity index (χ1v) is 6.62. The second-order valence-electron chi connectivity index (χ2n) is 5.08. The highest BCUT2D eigenvalue weighted by Gasteiger charge is 2.26. The van der Waals surface area contributed by atoms with E-state index in [1.165, 1.54) is 18.5 Å². The van der Waals surface area contributed by atoms with Crippen LogP contribution in [0.1, 0.15) is 43.2 Å². The third-order valence-electron chi connectivity index (χ3n) is 3.76. The van der Waals surface area contributed by atoms with Crippen LogP contribution in [0.15, 0.2) is 12.3 Å². The van der Waals surface area contributed by atoms with Gasteiger partial charge in [-0.2, -0.15) is 0 Å². The number of nitrogens with one attached hydrogen (secondary N) is 1. The van der Waals surface area contributed by atoms with Crippen molar-refractivity contribution in [1.29, 1.82) is 0 Å². The molecule has 1 aromatic heterocycles. The molecule has 17 heavy (non-hydrogen) atoms. The molecule has 1 aliphatic carbocycles. The molecular formula is C13H20N4. The van der Waals surface area contributed by atoms with Gasteiger partial charge in [0.25, 0.3) is 0 Å². The van der Waals surface area contributed by atoms with Crippen LogP contribution in [0.4, 0.5) is 0 Å². The molecule has 2 heterocycles. The highest BCUT2D eigenvalue weighted by atomic mass is 15.2. The second kappa shape index (κ2) is 4.70. The highest BCUT2D eigenvalue weighted by Crippen LogP contribution is 2.39. The summed E-state index contributed by atoms with van der Waals surface area (Å²) in [5, 5.41) is 3.38. The Balaban J connectivity index is 1.74. The minimum atomic E-state index is 0.343. The number of rotatable bonds is 3. The van der Waals surface area contributed by atoms with Crippen molar-refractivity contribution in [2.75, 3.05) is 26.2 Å². The standard InChI is InChI=1S/C13H20N4/c1-10(17-8-6-14-7-9-17)13-15-5-4-12(16-13)11-2-3-11/h4-5,10-11,14H,2-3,6-9H2,1H3. The molecule has 2 fully saturated rings. The van der Waals surface area contributed by atoms with Crippen molar-refractivity contribution in [1.82, 2.24) is 20.2 Å². The summed E-state index contributed by atoms with van der Waals surface area (Å²) in [5.41, 5.74) is 1.25. The molecule has 1 N–H and O–H groups in total. The number of piperazine rings is 1. The Labute approximate surface area is 102 Å². The minimum absolute atomic E-state index is 0.343. The van der Waals surface area contributed by atoms with Gasteiger partial charge in [0.1, 0.15) is 5.82 Å². The van der Waals surface area contributed by atoms with Crippen molar-refractivity contribution in [3.8, 4) is 0 Å². The van der Waals surface area contributed by atoms with Gasteiger partial charge in [-0.25, -0.2) is 9.97 Å². The van der Waals surface area contributed by atoms with E-state index >= 15 is 0 Å². The maximum absolute atomic E-state index is 4.74. The van der Waals surface area contributed by atoms with Gasteiger partial charge < -0.3 is 5.32 Å². The molecule has 0 spiro atoms. The topological polar surface area (TPSA) is 41.1 Å². The summed E-state index contributed by atoms with van der Waals surface area (Å²) in [5.74, 6) is 1.71. The monoisotopic (exact) mass is 232 g/mol. The molecule has 1 aromatic rings. The number of nitrogens with zero attached hydrogens (tertiary/aromatic N) is 3. The maximum atomic E-state index is 4.74. The van der Waals surface area contributed by atoms with Gasteiger partial charge in [0.05, 0.1) is 6.04 Å². The summed E-state index contributed by atoms with van der Waals surface area (Å²) in [4.78, 5) is 11.6. The van der Waals surface area contributed by atoms with Crippen molar-refractivity contribution in [2.45, 2.75) is 31.7 Å². The van der Waals surface area contributed by atoms with Gasteiger partial charge in [-0.1, -0.05) is 0 Å². The predicted octanol–water partition coefficient (Wildman–Crippen LogP) is 1.32. The lowest BCUT2D eigenvalue weighted by Crippen LogP contribution is -2.44. The SMILES string of the molecule is CC(c1nccc(C2CC2)n1)N1CCNCC1. The van der Waals surface area contributed by atoms with E-state index in [9.17, 15) is 0 Å². The van der Waals surface area contributed by atoms with E-state index in [-0.39, 0.29) is 0 Å². The van der Waals surface area contributed by atoms with E-state index in [2.05, 4.69) is 28.2 Å². The lowest BCUT2D eigenvalue weighted by molar-refractivity contribution is 0.179. The molecule has 4 nitrogen and oxygen atoms in total. The molecule has 1 aliphatic heterocycles. The molecule has 0 aromatic carbocycles. The van der Waals surface area contributed by atoms with Crippen LogP contribution in [0.3, 0.4) is 0 Å². The Hall–Kier alpha value is -1.00. The number of hydrogen-bond donors (Lipinski definition) is 1. The molecule has 1 saturated heterocycles. The van der Waals surface area contributed by atoms with Crippen molar-refractivity contribution in [3.63, 3.8) is 0 Å². The molecule has 92 valence electrons. The van der Waals surface area contributed by atoms with Gasteiger partial charge >= 0.3 is 0 Å². The van der Waals surface area contributed by atoms with Crippen molar-refractivity contribution in [3.05, 3.63) is 23.8 Å². The third kappa shape index (κ3) is 2.48. The third-order valence-corrected chi connectivity index (χ3v) is 3.76. The molecule has 1 unspecified atom stereocenters. The van der Waals surface area contributed by atoms with Crippen molar-refractivity contribution >= 4 is 0 Å². The molecular weight excluding hydrogens is 212 g/mol. The summed E-state index contributed by atoms with van der Waals surface area (Å²) in [6, 6.07) is 2.42. The van der Waals surface area contributed by atoms with E-state index in [1.54, 1.807) is 0 Å². The van der Waals surface area contributed by atoms with Gasteiger partial charge in [-0.3, -0.25) is 4.90 Å². The Bertz CT molecular complexity index is 383. The Morgan fingerprint density at radius 2 is 2.12 bits per heavy atom. The first-order valence-electron chi connectivity index (χ1n) is 6.62. The average Bonchev–Trinajstić information content (AvgIpc) is 3.23. The molecule has 3 rings (SSSR count). The van der Waals surface area contributed by atoms with Crippen LogP contribution in [0.5, 0.6) is 0 Å². The normalized spacial score (nSPS) is 23.6. The quantitative estimate of drug-likeness (QED) is 0.853. The van der Waals surface area contributed by atoms with E-state index in [4.69, 9.17) is 4.98 Å².